The molecule has 0 radical (unpaired) electrons. The number of nitrogens with zero attached hydrogens (tertiary/aromatic N) is 1. The first kappa shape index (κ1) is 22.6. The third kappa shape index (κ3) is 7.03. The molecule has 0 unspecified atom stereocenters. The van der Waals surface area contributed by atoms with Crippen molar-refractivity contribution in [1.82, 2.24) is 5.32 Å². The Kier molecular flexibility index (Phi) is 8.88. The highest BCUT2D eigenvalue weighted by molar-refractivity contribution is 8.13. The molecule has 2 aromatic rings. The molecule has 0 spiro atoms. The molecule has 0 fully saturated rings. The molecule has 0 aliphatic heterocycles. The summed E-state index contributed by atoms with van der Waals surface area (Å²) in [5.74, 6) is 0.644. The third-order valence-corrected chi connectivity index (χ3v) is 5.21. The molecule has 2 aromatic carbocycles. The maximum atomic E-state index is 12.0. The van der Waals surface area contributed by atoms with Crippen molar-refractivity contribution in [3.8, 4) is 5.75 Å². The van der Waals surface area contributed by atoms with Gasteiger partial charge >= 0.3 is 6.09 Å². The zero-order valence-corrected chi connectivity index (χ0v) is 18.3. The van der Waals surface area contributed by atoms with Gasteiger partial charge in [0.05, 0.1) is 25.6 Å². The number of thioether (sulfide) groups is 1. The van der Waals surface area contributed by atoms with Crippen molar-refractivity contribution >= 4 is 52.1 Å². The summed E-state index contributed by atoms with van der Waals surface area (Å²) in [6.45, 7) is 1.78. The van der Waals surface area contributed by atoms with Crippen LogP contribution in [-0.2, 0) is 9.53 Å². The largest absolute Gasteiger partial charge is 0.497 e. The van der Waals surface area contributed by atoms with Crippen molar-refractivity contribution in [2.45, 2.75) is 23.1 Å². The fourth-order valence-corrected chi connectivity index (χ4v) is 3.47. The van der Waals surface area contributed by atoms with Crippen LogP contribution in [0.15, 0.2) is 57.2 Å². The standard InChI is InChI=1S/C20H23N3O4S2/c1-5-18(24)21-17-12-15(29-14-8-6-7-13(11-14)26-2)9-10-16(17)22-19(28-4)23-20(25)27-3/h6-12H,5H2,1-4H3,(H,21,24)(H,22,23,25). The topological polar surface area (TPSA) is 89.0 Å². The van der Waals surface area contributed by atoms with Gasteiger partial charge in [0.2, 0.25) is 5.91 Å². The van der Waals surface area contributed by atoms with Crippen LogP contribution in [0.5, 0.6) is 5.75 Å². The van der Waals surface area contributed by atoms with Crippen LogP contribution in [0.2, 0.25) is 0 Å². The number of alkyl carbamates (subject to hydrolysis) is 1. The first-order valence-corrected chi connectivity index (χ1v) is 10.8. The molecular formula is C20H23N3O4S2. The van der Waals surface area contributed by atoms with Gasteiger partial charge < -0.3 is 14.8 Å². The van der Waals surface area contributed by atoms with E-state index in [1.54, 1.807) is 26.4 Å². The summed E-state index contributed by atoms with van der Waals surface area (Å²) in [4.78, 5) is 29.9. The van der Waals surface area contributed by atoms with Crippen LogP contribution in [0.25, 0.3) is 0 Å². The van der Waals surface area contributed by atoms with Gasteiger partial charge in [0.25, 0.3) is 0 Å². The summed E-state index contributed by atoms with van der Waals surface area (Å²) in [7, 11) is 2.91. The van der Waals surface area contributed by atoms with Crippen molar-refractivity contribution in [3.63, 3.8) is 0 Å². The van der Waals surface area contributed by atoms with Crippen LogP contribution < -0.4 is 15.4 Å². The van der Waals surface area contributed by atoms with Gasteiger partial charge in [-0.2, -0.15) is 0 Å². The second-order valence-electron chi connectivity index (χ2n) is 5.60. The number of ether oxygens (including phenoxy) is 2. The highest BCUT2D eigenvalue weighted by atomic mass is 32.2. The quantitative estimate of drug-likeness (QED) is 0.497. The molecule has 2 rings (SSSR count). The van der Waals surface area contributed by atoms with Gasteiger partial charge in [-0.05, 0) is 42.7 Å². The highest BCUT2D eigenvalue weighted by Crippen LogP contribution is 2.35. The third-order valence-electron chi connectivity index (χ3n) is 3.65. The molecule has 29 heavy (non-hydrogen) atoms. The summed E-state index contributed by atoms with van der Waals surface area (Å²) >= 11 is 2.80. The lowest BCUT2D eigenvalue weighted by atomic mass is 10.2. The maximum absolute atomic E-state index is 12.0. The summed E-state index contributed by atoms with van der Waals surface area (Å²) in [5, 5.41) is 5.77. The van der Waals surface area contributed by atoms with E-state index < -0.39 is 6.09 Å². The molecule has 0 saturated heterocycles. The number of hydrogen-bond acceptors (Lipinski definition) is 7. The molecule has 0 heterocycles. The van der Waals surface area contributed by atoms with Crippen LogP contribution in [0.4, 0.5) is 16.2 Å². The first-order valence-electron chi connectivity index (χ1n) is 8.72. The Labute approximate surface area is 178 Å². The minimum atomic E-state index is -0.609. The Balaban J connectivity index is 2.36. The number of methoxy groups -OCH3 is 2. The van der Waals surface area contributed by atoms with Crippen LogP contribution in [0.1, 0.15) is 13.3 Å². The Morgan fingerprint density at radius 2 is 1.86 bits per heavy atom. The molecule has 0 aliphatic carbocycles. The first-order chi connectivity index (χ1) is 14.0. The number of amides is 2. The van der Waals surface area contributed by atoms with Gasteiger partial charge in [-0.3, -0.25) is 10.1 Å². The monoisotopic (exact) mass is 433 g/mol. The predicted octanol–water partition coefficient (Wildman–Crippen LogP) is 4.90. The Morgan fingerprint density at radius 3 is 2.52 bits per heavy atom. The van der Waals surface area contributed by atoms with Crippen LogP contribution in [0, 0.1) is 0 Å². The van der Waals surface area contributed by atoms with E-state index in [9.17, 15) is 9.59 Å². The van der Waals surface area contributed by atoms with Crippen LogP contribution in [0.3, 0.4) is 0 Å². The van der Waals surface area contributed by atoms with Crippen molar-refractivity contribution in [1.29, 1.82) is 0 Å². The van der Waals surface area contributed by atoms with E-state index in [0.717, 1.165) is 15.5 Å². The number of benzene rings is 2. The SMILES string of the molecule is CCC(=O)Nc1cc(Sc2cccc(OC)c2)ccc1N=C(NC(=O)OC)SC. The van der Waals surface area contributed by atoms with Gasteiger partial charge in [0.1, 0.15) is 5.75 Å². The van der Waals surface area contributed by atoms with Crippen molar-refractivity contribution in [2.24, 2.45) is 4.99 Å². The van der Waals surface area contributed by atoms with E-state index in [1.165, 1.54) is 30.6 Å². The van der Waals surface area contributed by atoms with E-state index in [4.69, 9.17) is 4.74 Å². The summed E-state index contributed by atoms with van der Waals surface area (Å²) in [6, 6.07) is 13.3. The zero-order valence-electron chi connectivity index (χ0n) is 16.6. The minimum Gasteiger partial charge on any atom is -0.497 e. The molecule has 7 nitrogen and oxygen atoms in total. The van der Waals surface area contributed by atoms with E-state index in [0.29, 0.717) is 23.0 Å². The van der Waals surface area contributed by atoms with Crippen molar-refractivity contribution in [3.05, 3.63) is 42.5 Å². The molecular weight excluding hydrogens is 410 g/mol. The van der Waals surface area contributed by atoms with E-state index in [1.807, 2.05) is 36.4 Å². The Bertz CT molecular complexity index is 903. The molecule has 0 atom stereocenters. The van der Waals surface area contributed by atoms with Crippen molar-refractivity contribution < 1.29 is 19.1 Å². The fourth-order valence-electron chi connectivity index (χ4n) is 2.19. The zero-order chi connectivity index (χ0) is 21.2. The average molecular weight is 434 g/mol. The number of anilines is 1. The predicted molar refractivity (Wildman–Crippen MR) is 119 cm³/mol. The van der Waals surface area contributed by atoms with Crippen LogP contribution in [-0.4, -0.2) is 37.6 Å². The van der Waals surface area contributed by atoms with Gasteiger partial charge in [0, 0.05) is 16.2 Å². The lowest BCUT2D eigenvalue weighted by Crippen LogP contribution is -2.27. The maximum Gasteiger partial charge on any atom is 0.412 e. The number of rotatable bonds is 6. The molecule has 0 aliphatic rings. The fraction of sp³-hybridized carbons (Fsp3) is 0.250. The smallest absolute Gasteiger partial charge is 0.412 e. The number of nitrogens with one attached hydrogen (secondary N) is 2. The molecule has 2 N–H and O–H groups in total. The number of carbonyl (C=O) groups is 2. The summed E-state index contributed by atoms with van der Waals surface area (Å²) < 4.78 is 9.87. The lowest BCUT2D eigenvalue weighted by molar-refractivity contribution is -0.115. The highest BCUT2D eigenvalue weighted by Gasteiger charge is 2.11. The van der Waals surface area contributed by atoms with Gasteiger partial charge in [-0.15, -0.1) is 0 Å². The molecule has 0 bridgehead atoms. The number of aliphatic imine (C=N–C) groups is 1. The normalized spacial score (nSPS) is 11.0. The van der Waals surface area contributed by atoms with E-state index in [2.05, 4.69) is 20.4 Å². The Morgan fingerprint density at radius 1 is 1.10 bits per heavy atom. The molecule has 9 heteroatoms. The minimum absolute atomic E-state index is 0.128. The summed E-state index contributed by atoms with van der Waals surface area (Å²) in [5.41, 5.74) is 1.09. The Hall–Kier alpha value is -2.65. The lowest BCUT2D eigenvalue weighted by Gasteiger charge is -2.12. The second kappa shape index (κ2) is 11.4. The summed E-state index contributed by atoms with van der Waals surface area (Å²) in [6.07, 6.45) is 1.51. The van der Waals surface area contributed by atoms with Gasteiger partial charge in [-0.25, -0.2) is 9.79 Å². The van der Waals surface area contributed by atoms with Crippen molar-refractivity contribution in [2.75, 3.05) is 25.8 Å². The van der Waals surface area contributed by atoms with Crippen LogP contribution >= 0.6 is 23.5 Å². The molecule has 154 valence electrons. The second-order valence-corrected chi connectivity index (χ2v) is 7.54. The van der Waals surface area contributed by atoms with Gasteiger partial charge in [-0.1, -0.05) is 36.5 Å². The molecule has 2 amide bonds. The number of hydrogen-bond donors (Lipinski definition) is 2. The average Bonchev–Trinajstić information content (AvgIpc) is 2.74. The van der Waals surface area contributed by atoms with E-state index >= 15 is 0 Å². The number of carbonyl (C=O) groups excluding carboxylic acids is 2. The molecule has 0 saturated carbocycles. The molecule has 0 aromatic heterocycles. The van der Waals surface area contributed by atoms with Gasteiger partial charge in [0.15, 0.2) is 5.17 Å². The number of amidine groups is 1. The van der Waals surface area contributed by atoms with E-state index in [-0.39, 0.29) is 5.91 Å².